The Balaban J connectivity index is 2.52. The van der Waals surface area contributed by atoms with Crippen LogP contribution in [-0.2, 0) is 4.74 Å². The Morgan fingerprint density at radius 3 is 2.56 bits per heavy atom. The first-order valence-corrected chi connectivity index (χ1v) is 5.89. The fraction of sp³-hybridized carbons (Fsp3) is 0.357. The summed E-state index contributed by atoms with van der Waals surface area (Å²) >= 11 is 0. The highest BCUT2D eigenvalue weighted by Crippen LogP contribution is 2.25. The Morgan fingerprint density at radius 2 is 1.94 bits per heavy atom. The van der Waals surface area contributed by atoms with E-state index >= 15 is 0 Å². The van der Waals surface area contributed by atoms with Gasteiger partial charge in [0.2, 0.25) is 0 Å². The summed E-state index contributed by atoms with van der Waals surface area (Å²) in [5.41, 5.74) is 7.74. The first-order chi connectivity index (χ1) is 8.29. The molecule has 1 aromatic carbocycles. The van der Waals surface area contributed by atoms with Gasteiger partial charge in [-0.15, -0.1) is 0 Å². The Hall–Kier alpha value is -1.97. The number of nitrogens with zero attached hydrogens (tertiary/aromatic N) is 1. The van der Waals surface area contributed by atoms with Crippen molar-refractivity contribution < 1.29 is 9.53 Å². The first kappa shape index (κ1) is 12.5. The Kier molecular flexibility index (Phi) is 2.81. The van der Waals surface area contributed by atoms with Gasteiger partial charge in [-0.25, -0.2) is 4.79 Å². The second-order valence-electron chi connectivity index (χ2n) is 5.38. The molecule has 0 unspecified atom stereocenters. The zero-order valence-corrected chi connectivity index (χ0v) is 11.2. The van der Waals surface area contributed by atoms with Crippen molar-refractivity contribution in [2.45, 2.75) is 33.3 Å². The molecular weight excluding hydrogens is 228 g/mol. The van der Waals surface area contributed by atoms with Crippen LogP contribution >= 0.6 is 0 Å². The molecule has 0 amide bonds. The smallest absolute Gasteiger partial charge is 0.419 e. The molecule has 0 radical (unpaired) electrons. The number of carbonyl (C=O) groups excluding carboxylic acids is 1. The van der Waals surface area contributed by atoms with Gasteiger partial charge in [0.25, 0.3) is 0 Å². The third-order valence-corrected chi connectivity index (χ3v) is 2.74. The van der Waals surface area contributed by atoms with Gasteiger partial charge in [0.05, 0.1) is 5.52 Å². The van der Waals surface area contributed by atoms with Crippen molar-refractivity contribution in [3.63, 3.8) is 0 Å². The van der Waals surface area contributed by atoms with Crippen molar-refractivity contribution >= 4 is 22.7 Å². The van der Waals surface area contributed by atoms with Crippen LogP contribution in [0.4, 0.5) is 10.5 Å². The van der Waals surface area contributed by atoms with E-state index < -0.39 is 5.60 Å². The number of fused-ring (bicyclic) bond motifs is 1. The predicted molar refractivity (Wildman–Crippen MR) is 72.7 cm³/mol. The van der Waals surface area contributed by atoms with E-state index in [1.165, 1.54) is 4.57 Å². The molecule has 1 heterocycles. The van der Waals surface area contributed by atoms with E-state index in [1.54, 1.807) is 6.20 Å². The van der Waals surface area contributed by atoms with Crippen LogP contribution < -0.4 is 5.73 Å². The van der Waals surface area contributed by atoms with E-state index in [2.05, 4.69) is 0 Å². The van der Waals surface area contributed by atoms with Crippen LogP contribution in [-0.4, -0.2) is 16.3 Å². The number of anilines is 1. The highest BCUT2D eigenvalue weighted by molar-refractivity contribution is 5.94. The number of benzene rings is 1. The molecule has 0 saturated carbocycles. The van der Waals surface area contributed by atoms with E-state index in [0.717, 1.165) is 16.5 Å². The lowest BCUT2D eigenvalue weighted by Crippen LogP contribution is -2.26. The SMILES string of the molecule is Cc1c(N)ccc2ccn(C(=O)OC(C)(C)C)c12. The van der Waals surface area contributed by atoms with Crippen molar-refractivity contribution in [2.75, 3.05) is 5.73 Å². The third-order valence-electron chi connectivity index (χ3n) is 2.74. The number of aryl methyl sites for hydroxylation is 1. The van der Waals surface area contributed by atoms with Crippen molar-refractivity contribution in [3.8, 4) is 0 Å². The highest BCUT2D eigenvalue weighted by Gasteiger charge is 2.19. The summed E-state index contributed by atoms with van der Waals surface area (Å²) in [6.07, 6.45) is 1.33. The number of nitrogens with two attached hydrogens (primary N) is 1. The maximum absolute atomic E-state index is 12.1. The molecule has 0 aliphatic rings. The molecule has 0 fully saturated rings. The maximum Gasteiger partial charge on any atom is 0.419 e. The van der Waals surface area contributed by atoms with E-state index in [4.69, 9.17) is 10.5 Å². The molecule has 1 aromatic heterocycles. The largest absolute Gasteiger partial charge is 0.443 e. The van der Waals surface area contributed by atoms with Crippen molar-refractivity contribution in [1.29, 1.82) is 0 Å². The van der Waals surface area contributed by atoms with Gasteiger partial charge in [-0.2, -0.15) is 0 Å². The number of hydrogen-bond acceptors (Lipinski definition) is 3. The molecule has 96 valence electrons. The van der Waals surface area contributed by atoms with Crippen LogP contribution in [0, 0.1) is 6.92 Å². The van der Waals surface area contributed by atoms with Crippen molar-refractivity contribution in [1.82, 2.24) is 4.57 Å². The fourth-order valence-electron chi connectivity index (χ4n) is 1.88. The van der Waals surface area contributed by atoms with Gasteiger partial charge in [-0.3, -0.25) is 4.57 Å². The predicted octanol–water partition coefficient (Wildman–Crippen LogP) is 3.32. The van der Waals surface area contributed by atoms with Crippen LogP contribution in [0.5, 0.6) is 0 Å². The average molecular weight is 246 g/mol. The third kappa shape index (κ3) is 2.18. The molecule has 18 heavy (non-hydrogen) atoms. The summed E-state index contributed by atoms with van der Waals surface area (Å²) in [5, 5.41) is 0.979. The fourth-order valence-corrected chi connectivity index (χ4v) is 1.88. The molecule has 0 aliphatic heterocycles. The molecule has 0 atom stereocenters. The molecule has 0 saturated heterocycles. The number of nitrogen functional groups attached to an aromatic ring is 1. The topological polar surface area (TPSA) is 57.2 Å². The van der Waals surface area contributed by atoms with Crippen LogP contribution in [0.2, 0.25) is 0 Å². The first-order valence-electron chi connectivity index (χ1n) is 5.89. The molecule has 0 aliphatic carbocycles. The molecule has 4 heteroatoms. The van der Waals surface area contributed by atoms with E-state index in [-0.39, 0.29) is 6.09 Å². The Labute approximate surface area is 106 Å². The standard InChI is InChI=1S/C14H18N2O2/c1-9-11(15)6-5-10-7-8-16(12(9)10)13(17)18-14(2,3)4/h5-8H,15H2,1-4H3. The lowest BCUT2D eigenvalue weighted by atomic mass is 10.1. The molecular formula is C14H18N2O2. The van der Waals surface area contributed by atoms with Gasteiger partial charge in [-0.05, 0) is 45.4 Å². The van der Waals surface area contributed by atoms with Crippen LogP contribution in [0.1, 0.15) is 26.3 Å². The van der Waals surface area contributed by atoms with Gasteiger partial charge in [0, 0.05) is 17.3 Å². The van der Waals surface area contributed by atoms with Gasteiger partial charge >= 0.3 is 6.09 Å². The van der Waals surface area contributed by atoms with Crippen molar-refractivity contribution in [3.05, 3.63) is 30.0 Å². The summed E-state index contributed by atoms with van der Waals surface area (Å²) in [5.74, 6) is 0. The second-order valence-corrected chi connectivity index (χ2v) is 5.38. The minimum atomic E-state index is -0.512. The lowest BCUT2D eigenvalue weighted by molar-refractivity contribution is 0.0544. The molecule has 2 aromatic rings. The van der Waals surface area contributed by atoms with Gasteiger partial charge in [0.15, 0.2) is 0 Å². The molecule has 4 nitrogen and oxygen atoms in total. The van der Waals surface area contributed by atoms with Crippen LogP contribution in [0.3, 0.4) is 0 Å². The second kappa shape index (κ2) is 4.05. The van der Waals surface area contributed by atoms with Crippen LogP contribution in [0.25, 0.3) is 10.9 Å². The zero-order chi connectivity index (χ0) is 13.5. The number of ether oxygens (including phenoxy) is 1. The van der Waals surface area contributed by atoms with Crippen molar-refractivity contribution in [2.24, 2.45) is 0 Å². The highest BCUT2D eigenvalue weighted by atomic mass is 16.6. The molecule has 0 bridgehead atoms. The minimum absolute atomic E-state index is 0.383. The monoisotopic (exact) mass is 246 g/mol. The lowest BCUT2D eigenvalue weighted by Gasteiger charge is -2.20. The summed E-state index contributed by atoms with van der Waals surface area (Å²) in [6, 6.07) is 5.63. The van der Waals surface area contributed by atoms with E-state index in [9.17, 15) is 4.79 Å². The molecule has 2 N–H and O–H groups in total. The average Bonchev–Trinajstić information content (AvgIpc) is 2.65. The summed E-state index contributed by atoms with van der Waals surface area (Å²) in [7, 11) is 0. The Morgan fingerprint density at radius 1 is 1.28 bits per heavy atom. The molecule has 2 rings (SSSR count). The number of carbonyl (C=O) groups is 1. The summed E-state index contributed by atoms with van der Waals surface area (Å²) < 4.78 is 6.87. The number of hydrogen-bond donors (Lipinski definition) is 1. The Bertz CT molecular complexity index is 606. The minimum Gasteiger partial charge on any atom is -0.443 e. The van der Waals surface area contributed by atoms with E-state index in [1.807, 2.05) is 45.9 Å². The summed E-state index contributed by atoms with van der Waals surface area (Å²) in [4.78, 5) is 12.1. The van der Waals surface area contributed by atoms with Gasteiger partial charge < -0.3 is 10.5 Å². The normalized spacial score (nSPS) is 11.8. The van der Waals surface area contributed by atoms with Crippen LogP contribution in [0.15, 0.2) is 24.4 Å². The quantitative estimate of drug-likeness (QED) is 0.725. The number of aromatic nitrogens is 1. The zero-order valence-electron chi connectivity index (χ0n) is 11.2. The van der Waals surface area contributed by atoms with E-state index in [0.29, 0.717) is 5.69 Å². The number of rotatable bonds is 0. The molecule has 0 spiro atoms. The van der Waals surface area contributed by atoms with Gasteiger partial charge in [0.1, 0.15) is 5.60 Å². The summed E-state index contributed by atoms with van der Waals surface area (Å²) in [6.45, 7) is 7.44. The van der Waals surface area contributed by atoms with Gasteiger partial charge in [-0.1, -0.05) is 6.07 Å². The maximum atomic E-state index is 12.1.